The number of hydrogen-bond acceptors (Lipinski definition) is 5. The number of aromatic nitrogens is 1. The SMILES string of the molecule is CCN(CC(=O)Nc1c(Cl)cccc1Cl)C(=O)c1cccnc1S(=O)(=O)C(F)(F)F. The van der Waals surface area contributed by atoms with Crippen molar-refractivity contribution in [2.45, 2.75) is 17.5 Å². The van der Waals surface area contributed by atoms with Crippen LogP contribution in [0, 0.1) is 0 Å². The van der Waals surface area contributed by atoms with Crippen LogP contribution in [-0.2, 0) is 14.6 Å². The second kappa shape index (κ2) is 9.19. The second-order valence-electron chi connectivity index (χ2n) is 5.77. The highest BCUT2D eigenvalue weighted by atomic mass is 35.5. The molecule has 7 nitrogen and oxygen atoms in total. The highest BCUT2D eigenvalue weighted by Gasteiger charge is 2.49. The molecule has 2 aromatic rings. The van der Waals surface area contributed by atoms with E-state index in [1.54, 1.807) is 6.07 Å². The van der Waals surface area contributed by atoms with Crippen molar-refractivity contribution in [1.82, 2.24) is 9.88 Å². The molecule has 0 bridgehead atoms. The highest BCUT2D eigenvalue weighted by molar-refractivity contribution is 7.92. The van der Waals surface area contributed by atoms with E-state index in [1.807, 2.05) is 0 Å². The maximum absolute atomic E-state index is 12.9. The Kier molecular flexibility index (Phi) is 7.32. The molecule has 1 N–H and O–H groups in total. The van der Waals surface area contributed by atoms with Crippen LogP contribution < -0.4 is 5.32 Å². The smallest absolute Gasteiger partial charge is 0.330 e. The molecular formula is C17H14Cl2F3N3O4S. The van der Waals surface area contributed by atoms with Gasteiger partial charge in [0.25, 0.3) is 15.7 Å². The Morgan fingerprint density at radius 3 is 2.27 bits per heavy atom. The number of para-hydroxylation sites is 1. The average molecular weight is 484 g/mol. The Morgan fingerprint density at radius 1 is 1.13 bits per heavy atom. The van der Waals surface area contributed by atoms with Gasteiger partial charge in [-0.1, -0.05) is 29.3 Å². The summed E-state index contributed by atoms with van der Waals surface area (Å²) in [5.74, 6) is -1.86. The molecule has 0 atom stereocenters. The Balaban J connectivity index is 2.31. The van der Waals surface area contributed by atoms with Gasteiger partial charge in [-0.05, 0) is 31.2 Å². The molecule has 13 heteroatoms. The molecule has 162 valence electrons. The molecule has 0 saturated carbocycles. The molecule has 0 fully saturated rings. The van der Waals surface area contributed by atoms with E-state index in [2.05, 4.69) is 10.3 Å². The van der Waals surface area contributed by atoms with Crippen LogP contribution >= 0.6 is 23.2 Å². The number of carbonyl (C=O) groups is 2. The number of anilines is 1. The van der Waals surface area contributed by atoms with E-state index in [-0.39, 0.29) is 22.3 Å². The number of hydrogen-bond donors (Lipinski definition) is 1. The fraction of sp³-hybridized carbons (Fsp3) is 0.235. The van der Waals surface area contributed by atoms with Gasteiger partial charge in [-0.15, -0.1) is 0 Å². The van der Waals surface area contributed by atoms with Gasteiger partial charge in [0.05, 0.1) is 21.3 Å². The molecule has 1 heterocycles. The molecule has 0 saturated heterocycles. The van der Waals surface area contributed by atoms with Gasteiger partial charge in [-0.2, -0.15) is 13.2 Å². The minimum atomic E-state index is -5.88. The summed E-state index contributed by atoms with van der Waals surface area (Å²) >= 11 is 11.9. The van der Waals surface area contributed by atoms with Crippen LogP contribution in [0.15, 0.2) is 41.6 Å². The fourth-order valence-corrected chi connectivity index (χ4v) is 3.70. The van der Waals surface area contributed by atoms with Crippen LogP contribution in [0.4, 0.5) is 18.9 Å². The van der Waals surface area contributed by atoms with E-state index >= 15 is 0 Å². The molecule has 1 aromatic heterocycles. The Hall–Kier alpha value is -2.37. The standard InChI is InChI=1S/C17H14Cl2F3N3O4S/c1-2-25(9-13(26)24-14-11(18)6-3-7-12(14)19)16(27)10-5-4-8-23-15(10)30(28,29)17(20,21)22/h3-8H,2,9H2,1H3,(H,24,26). The number of halogens is 5. The summed E-state index contributed by atoms with van der Waals surface area (Å²) in [5.41, 5.74) is -6.36. The predicted molar refractivity (Wildman–Crippen MR) is 104 cm³/mol. The number of nitrogens with zero attached hydrogens (tertiary/aromatic N) is 2. The quantitative estimate of drug-likeness (QED) is 0.674. The van der Waals surface area contributed by atoms with Gasteiger partial charge in [0.15, 0.2) is 5.03 Å². The maximum atomic E-state index is 12.9. The van der Waals surface area contributed by atoms with Gasteiger partial charge < -0.3 is 10.2 Å². The number of carbonyl (C=O) groups excluding carboxylic acids is 2. The summed E-state index contributed by atoms with van der Waals surface area (Å²) in [7, 11) is -5.88. The summed E-state index contributed by atoms with van der Waals surface area (Å²) in [6, 6.07) is 6.48. The molecule has 1 aromatic carbocycles. The van der Waals surface area contributed by atoms with Crippen molar-refractivity contribution in [3.05, 3.63) is 52.1 Å². The lowest BCUT2D eigenvalue weighted by Gasteiger charge is -2.22. The van der Waals surface area contributed by atoms with Crippen molar-refractivity contribution in [1.29, 1.82) is 0 Å². The van der Waals surface area contributed by atoms with Crippen LogP contribution in [0.5, 0.6) is 0 Å². The number of pyridine rings is 1. The summed E-state index contributed by atoms with van der Waals surface area (Å²) < 4.78 is 62.3. The number of likely N-dealkylation sites (N-methyl/N-ethyl adjacent to an activating group) is 1. The lowest BCUT2D eigenvalue weighted by Crippen LogP contribution is -2.39. The topological polar surface area (TPSA) is 96.4 Å². The third-order valence-corrected chi connectivity index (χ3v) is 5.87. The monoisotopic (exact) mass is 483 g/mol. The van der Waals surface area contributed by atoms with Gasteiger partial charge in [-0.25, -0.2) is 13.4 Å². The zero-order valence-corrected chi connectivity index (χ0v) is 17.5. The van der Waals surface area contributed by atoms with E-state index in [0.717, 1.165) is 23.2 Å². The van der Waals surface area contributed by atoms with Crippen LogP contribution in [0.3, 0.4) is 0 Å². The van der Waals surface area contributed by atoms with Crippen molar-refractivity contribution in [2.24, 2.45) is 0 Å². The first-order valence-corrected chi connectivity index (χ1v) is 10.4. The molecule has 0 spiro atoms. The van der Waals surface area contributed by atoms with Crippen molar-refractivity contribution < 1.29 is 31.2 Å². The second-order valence-corrected chi connectivity index (χ2v) is 8.44. The number of alkyl halides is 3. The first-order valence-electron chi connectivity index (χ1n) is 8.19. The summed E-state index contributed by atoms with van der Waals surface area (Å²) in [6.07, 6.45) is 0.817. The van der Waals surface area contributed by atoms with Crippen molar-refractivity contribution >= 4 is 50.5 Å². The minimum absolute atomic E-state index is 0.0936. The van der Waals surface area contributed by atoms with Gasteiger partial charge in [0, 0.05) is 12.7 Å². The zero-order chi connectivity index (χ0) is 22.7. The van der Waals surface area contributed by atoms with Gasteiger partial charge >= 0.3 is 5.51 Å². The van der Waals surface area contributed by atoms with Gasteiger partial charge in [-0.3, -0.25) is 9.59 Å². The third-order valence-electron chi connectivity index (χ3n) is 3.79. The Bertz CT molecular complexity index is 1060. The fourth-order valence-electron chi connectivity index (χ4n) is 2.34. The summed E-state index contributed by atoms with van der Waals surface area (Å²) in [4.78, 5) is 29.1. The minimum Gasteiger partial charge on any atom is -0.330 e. The molecule has 0 aliphatic heterocycles. The van der Waals surface area contributed by atoms with E-state index in [9.17, 15) is 31.2 Å². The third kappa shape index (κ3) is 5.02. The zero-order valence-electron chi connectivity index (χ0n) is 15.2. The largest absolute Gasteiger partial charge is 0.503 e. The van der Waals surface area contributed by atoms with Gasteiger partial charge in [0.1, 0.15) is 6.54 Å². The molecule has 2 amide bonds. The summed E-state index contributed by atoms with van der Waals surface area (Å²) in [6.45, 7) is 0.752. The van der Waals surface area contributed by atoms with Crippen LogP contribution in [-0.4, -0.2) is 48.7 Å². The number of amides is 2. The molecule has 0 unspecified atom stereocenters. The number of benzene rings is 1. The van der Waals surface area contributed by atoms with E-state index < -0.39 is 44.3 Å². The van der Waals surface area contributed by atoms with Crippen molar-refractivity contribution in [3.8, 4) is 0 Å². The van der Waals surface area contributed by atoms with Crippen LogP contribution in [0.25, 0.3) is 0 Å². The Labute approximate surface area is 179 Å². The molecule has 30 heavy (non-hydrogen) atoms. The first kappa shape index (κ1) is 23.9. The number of sulfone groups is 1. The van der Waals surface area contributed by atoms with E-state index in [1.165, 1.54) is 19.1 Å². The predicted octanol–water partition coefficient (Wildman–Crippen LogP) is 3.78. The lowest BCUT2D eigenvalue weighted by molar-refractivity contribution is -0.116. The van der Waals surface area contributed by atoms with Crippen LogP contribution in [0.1, 0.15) is 17.3 Å². The first-order chi connectivity index (χ1) is 13.9. The van der Waals surface area contributed by atoms with Crippen molar-refractivity contribution in [2.75, 3.05) is 18.4 Å². The molecular weight excluding hydrogens is 470 g/mol. The molecule has 0 aliphatic carbocycles. The van der Waals surface area contributed by atoms with Crippen LogP contribution in [0.2, 0.25) is 10.0 Å². The van der Waals surface area contributed by atoms with E-state index in [0.29, 0.717) is 0 Å². The number of nitrogens with one attached hydrogen (secondary N) is 1. The highest BCUT2D eigenvalue weighted by Crippen LogP contribution is 2.32. The normalized spacial score (nSPS) is 11.8. The lowest BCUT2D eigenvalue weighted by atomic mass is 10.2. The van der Waals surface area contributed by atoms with E-state index in [4.69, 9.17) is 23.2 Å². The maximum Gasteiger partial charge on any atom is 0.503 e. The molecule has 2 rings (SSSR count). The molecule has 0 aliphatic rings. The number of rotatable bonds is 6. The molecule has 0 radical (unpaired) electrons. The Morgan fingerprint density at radius 2 is 1.73 bits per heavy atom. The van der Waals surface area contributed by atoms with Gasteiger partial charge in [0.2, 0.25) is 5.91 Å². The summed E-state index contributed by atoms with van der Waals surface area (Å²) in [5, 5.41) is 1.24. The average Bonchev–Trinajstić information content (AvgIpc) is 2.67. The van der Waals surface area contributed by atoms with Crippen molar-refractivity contribution in [3.63, 3.8) is 0 Å².